The van der Waals surface area contributed by atoms with Gasteiger partial charge < -0.3 is 14.3 Å². The third-order valence-corrected chi connectivity index (χ3v) is 5.60. The Kier molecular flexibility index (Phi) is 5.85. The van der Waals surface area contributed by atoms with Gasteiger partial charge in [-0.2, -0.15) is 5.26 Å². The Hall–Kier alpha value is -2.74. The van der Waals surface area contributed by atoms with Gasteiger partial charge in [0.25, 0.3) is 5.91 Å². The van der Waals surface area contributed by atoms with Crippen LogP contribution in [0.3, 0.4) is 0 Å². The predicted molar refractivity (Wildman–Crippen MR) is 105 cm³/mol. The van der Waals surface area contributed by atoms with E-state index >= 15 is 0 Å². The quantitative estimate of drug-likeness (QED) is 0.632. The molecule has 2 aromatic rings. The van der Waals surface area contributed by atoms with E-state index in [9.17, 15) is 10.1 Å². The summed E-state index contributed by atoms with van der Waals surface area (Å²) in [6, 6.07) is 8.05. The van der Waals surface area contributed by atoms with E-state index in [1.165, 1.54) is 6.42 Å². The first-order valence-corrected chi connectivity index (χ1v) is 9.61. The summed E-state index contributed by atoms with van der Waals surface area (Å²) in [5.41, 5.74) is 3.12. The van der Waals surface area contributed by atoms with E-state index in [1.807, 2.05) is 32.0 Å². The number of aryl methyl sites for hydroxylation is 1. The number of nitriles is 1. The lowest BCUT2D eigenvalue weighted by Crippen LogP contribution is -2.41. The minimum absolute atomic E-state index is 0.158. The van der Waals surface area contributed by atoms with E-state index in [4.69, 9.17) is 4.42 Å². The molecular weight excluding hydrogens is 338 g/mol. The smallest absolute Gasteiger partial charge is 0.262 e. The minimum Gasteiger partial charge on any atom is -0.467 e. The number of amides is 1. The number of hydrogen-bond donors (Lipinski definition) is 1. The van der Waals surface area contributed by atoms with Crippen molar-refractivity contribution in [3.63, 3.8) is 0 Å². The van der Waals surface area contributed by atoms with Gasteiger partial charge in [-0.3, -0.25) is 4.79 Å². The zero-order valence-corrected chi connectivity index (χ0v) is 16.3. The van der Waals surface area contributed by atoms with Crippen LogP contribution < -0.4 is 5.32 Å². The molecule has 1 aliphatic rings. The number of nitrogens with one attached hydrogen (secondary N) is 1. The summed E-state index contributed by atoms with van der Waals surface area (Å²) in [5.74, 6) is 1.06. The topological polar surface area (TPSA) is 71.0 Å². The van der Waals surface area contributed by atoms with Gasteiger partial charge in [-0.25, -0.2) is 0 Å². The highest BCUT2D eigenvalue weighted by Crippen LogP contribution is 2.24. The Morgan fingerprint density at radius 1 is 1.41 bits per heavy atom. The van der Waals surface area contributed by atoms with Crippen molar-refractivity contribution in [1.29, 1.82) is 5.26 Å². The van der Waals surface area contributed by atoms with E-state index < -0.39 is 0 Å². The molecule has 0 aromatic carbocycles. The van der Waals surface area contributed by atoms with Crippen LogP contribution in [0.4, 0.5) is 0 Å². The molecule has 2 heterocycles. The Labute approximate surface area is 160 Å². The Bertz CT molecular complexity index is 868. The summed E-state index contributed by atoms with van der Waals surface area (Å²) in [6.45, 7) is 6.81. The molecule has 142 valence electrons. The van der Waals surface area contributed by atoms with Crippen molar-refractivity contribution in [2.75, 3.05) is 0 Å². The molecule has 1 aliphatic carbocycles. The lowest BCUT2D eigenvalue weighted by atomic mass is 9.86. The van der Waals surface area contributed by atoms with Gasteiger partial charge in [-0.15, -0.1) is 0 Å². The Morgan fingerprint density at radius 3 is 2.85 bits per heavy atom. The number of aromatic nitrogens is 1. The van der Waals surface area contributed by atoms with Gasteiger partial charge >= 0.3 is 0 Å². The van der Waals surface area contributed by atoms with Gasteiger partial charge in [-0.1, -0.05) is 19.8 Å². The Balaban J connectivity index is 1.79. The van der Waals surface area contributed by atoms with E-state index in [1.54, 1.807) is 12.3 Å². The molecule has 5 nitrogen and oxygen atoms in total. The van der Waals surface area contributed by atoms with Crippen LogP contribution in [0, 0.1) is 31.1 Å². The van der Waals surface area contributed by atoms with Crippen molar-refractivity contribution in [2.24, 2.45) is 5.92 Å². The lowest BCUT2D eigenvalue weighted by Gasteiger charge is -2.29. The largest absolute Gasteiger partial charge is 0.467 e. The standard InChI is InChI=1S/C22H27N3O2/c1-15-7-4-5-9-21(15)24-22(26)19(13-23)12-18-11-16(2)25(17(18)3)14-20-8-6-10-27-20/h6,8,10-12,15,21H,4-5,7,9,14H2,1-3H3,(H,24,26)/b19-12+/t15-,21+/m1/s1. The molecule has 1 amide bonds. The second-order valence-corrected chi connectivity index (χ2v) is 7.50. The Morgan fingerprint density at radius 2 is 2.19 bits per heavy atom. The molecule has 2 atom stereocenters. The van der Waals surface area contributed by atoms with Gasteiger partial charge in [0, 0.05) is 17.4 Å². The highest BCUT2D eigenvalue weighted by molar-refractivity contribution is 6.02. The molecular formula is C22H27N3O2. The van der Waals surface area contributed by atoms with Gasteiger partial charge in [-0.05, 0) is 62.4 Å². The molecule has 0 unspecified atom stereocenters. The summed E-state index contributed by atoms with van der Waals surface area (Å²) in [6.07, 6.45) is 7.83. The van der Waals surface area contributed by atoms with Crippen LogP contribution in [0.2, 0.25) is 0 Å². The number of nitrogens with zero attached hydrogens (tertiary/aromatic N) is 2. The highest BCUT2D eigenvalue weighted by Gasteiger charge is 2.24. The van der Waals surface area contributed by atoms with Gasteiger partial charge in [0.05, 0.1) is 12.8 Å². The molecule has 0 aliphatic heterocycles. The maximum absolute atomic E-state index is 12.6. The number of furan rings is 1. The maximum atomic E-state index is 12.6. The van der Waals surface area contributed by atoms with E-state index in [2.05, 4.69) is 22.9 Å². The molecule has 2 aromatic heterocycles. The molecule has 5 heteroatoms. The van der Waals surface area contributed by atoms with Gasteiger partial charge in [0.2, 0.25) is 0 Å². The average molecular weight is 365 g/mol. The molecule has 0 saturated heterocycles. The zero-order chi connectivity index (χ0) is 19.4. The monoisotopic (exact) mass is 365 g/mol. The number of hydrogen-bond acceptors (Lipinski definition) is 3. The second kappa shape index (κ2) is 8.30. The zero-order valence-electron chi connectivity index (χ0n) is 16.3. The van der Waals surface area contributed by atoms with E-state index in [0.29, 0.717) is 12.5 Å². The molecule has 0 bridgehead atoms. The number of carbonyl (C=O) groups excluding carboxylic acids is 1. The van der Waals surface area contributed by atoms with Gasteiger partial charge in [0.1, 0.15) is 17.4 Å². The first-order chi connectivity index (χ1) is 13.0. The van der Waals surface area contributed by atoms with Crippen LogP contribution in [0.15, 0.2) is 34.5 Å². The molecule has 0 spiro atoms. The van der Waals surface area contributed by atoms with Gasteiger partial charge in [0.15, 0.2) is 0 Å². The van der Waals surface area contributed by atoms with Crippen LogP contribution in [-0.4, -0.2) is 16.5 Å². The molecule has 1 N–H and O–H groups in total. The second-order valence-electron chi connectivity index (χ2n) is 7.50. The SMILES string of the molecule is Cc1cc(/C=C(\C#N)C(=O)N[C@H]2CCCC[C@H]2C)c(C)n1Cc1ccco1. The summed E-state index contributed by atoms with van der Waals surface area (Å²) < 4.78 is 7.56. The molecule has 1 saturated carbocycles. The highest BCUT2D eigenvalue weighted by atomic mass is 16.3. The molecule has 0 radical (unpaired) electrons. The van der Waals surface area contributed by atoms with Crippen LogP contribution in [0.5, 0.6) is 0 Å². The van der Waals surface area contributed by atoms with E-state index in [-0.39, 0.29) is 17.5 Å². The van der Waals surface area contributed by atoms with Crippen molar-refractivity contribution < 1.29 is 9.21 Å². The van der Waals surface area contributed by atoms with Crippen LogP contribution >= 0.6 is 0 Å². The third kappa shape index (κ3) is 4.33. The summed E-state index contributed by atoms with van der Waals surface area (Å²) in [4.78, 5) is 12.6. The third-order valence-electron chi connectivity index (χ3n) is 5.60. The van der Waals surface area contributed by atoms with Crippen molar-refractivity contribution >= 4 is 12.0 Å². The van der Waals surface area contributed by atoms with E-state index in [0.717, 1.165) is 42.0 Å². The summed E-state index contributed by atoms with van der Waals surface area (Å²) in [5, 5.41) is 12.6. The van der Waals surface area contributed by atoms with Crippen molar-refractivity contribution in [3.8, 4) is 6.07 Å². The first-order valence-electron chi connectivity index (χ1n) is 9.61. The molecule has 1 fully saturated rings. The predicted octanol–water partition coefficient (Wildman–Crippen LogP) is 4.35. The number of carbonyl (C=O) groups is 1. The fourth-order valence-electron chi connectivity index (χ4n) is 3.86. The van der Waals surface area contributed by atoms with Crippen molar-refractivity contribution in [3.05, 3.63) is 52.7 Å². The van der Waals surface area contributed by atoms with Crippen molar-refractivity contribution in [1.82, 2.24) is 9.88 Å². The number of rotatable bonds is 5. The van der Waals surface area contributed by atoms with Crippen LogP contribution in [0.25, 0.3) is 6.08 Å². The normalized spacial score (nSPS) is 20.3. The minimum atomic E-state index is -0.271. The fourth-order valence-corrected chi connectivity index (χ4v) is 3.86. The maximum Gasteiger partial charge on any atom is 0.262 e. The summed E-state index contributed by atoms with van der Waals surface area (Å²) >= 11 is 0. The van der Waals surface area contributed by atoms with Crippen molar-refractivity contribution in [2.45, 2.75) is 59.0 Å². The average Bonchev–Trinajstić information content (AvgIpc) is 3.25. The lowest BCUT2D eigenvalue weighted by molar-refractivity contribution is -0.118. The summed E-state index contributed by atoms with van der Waals surface area (Å²) in [7, 11) is 0. The first kappa shape index (κ1) is 19.0. The van der Waals surface area contributed by atoms with Crippen LogP contribution in [-0.2, 0) is 11.3 Å². The van der Waals surface area contributed by atoms with Crippen LogP contribution in [0.1, 0.15) is 55.3 Å². The molecule has 27 heavy (non-hydrogen) atoms. The fraction of sp³-hybridized carbons (Fsp3) is 0.455. The molecule has 3 rings (SSSR count).